The van der Waals surface area contributed by atoms with Gasteiger partial charge in [-0.1, -0.05) is 13.8 Å². The van der Waals surface area contributed by atoms with Crippen LogP contribution in [0.25, 0.3) is 0 Å². The van der Waals surface area contributed by atoms with E-state index in [9.17, 15) is 18.4 Å². The van der Waals surface area contributed by atoms with E-state index in [4.69, 9.17) is 20.3 Å². The van der Waals surface area contributed by atoms with Crippen LogP contribution in [-0.2, 0) is 16.0 Å². The van der Waals surface area contributed by atoms with Crippen molar-refractivity contribution >= 4 is 11.9 Å². The summed E-state index contributed by atoms with van der Waals surface area (Å²) in [5.41, 5.74) is 4.67. The molecule has 1 aromatic carbocycles. The zero-order valence-corrected chi connectivity index (χ0v) is 14.4. The number of aliphatic carboxylic acids is 1. The predicted molar refractivity (Wildman–Crippen MR) is 84.3 cm³/mol. The van der Waals surface area contributed by atoms with E-state index in [1.165, 1.54) is 6.92 Å². The molecule has 0 fully saturated rings. The zero-order valence-electron chi connectivity index (χ0n) is 14.4. The molecule has 0 aromatic heterocycles. The number of ether oxygens (including phenoxy) is 2. The van der Waals surface area contributed by atoms with Gasteiger partial charge in [0.1, 0.15) is 6.04 Å². The average molecular weight is 347 g/mol. The molecule has 0 radical (unpaired) electrons. The van der Waals surface area contributed by atoms with Crippen LogP contribution in [0.4, 0.5) is 8.78 Å². The standard InChI is InChI=1S/C14H17F2NO5.C2H6/c1-4-22-14(20)9-6(2)12(21-3)11(16)10(15)7(9)5-8(17)13(18)19;1-2/h8H,4-5,17H2,1-3H3,(H,18,19);1-2H3. The number of methoxy groups -OCH3 is 1. The lowest BCUT2D eigenvalue weighted by Gasteiger charge is -2.18. The van der Waals surface area contributed by atoms with E-state index < -0.39 is 47.3 Å². The highest BCUT2D eigenvalue weighted by molar-refractivity contribution is 5.94. The molecule has 6 nitrogen and oxygen atoms in total. The van der Waals surface area contributed by atoms with Crippen molar-refractivity contribution in [3.05, 3.63) is 28.3 Å². The molecule has 0 saturated carbocycles. The van der Waals surface area contributed by atoms with Crippen molar-refractivity contribution in [3.63, 3.8) is 0 Å². The minimum atomic E-state index is -1.49. The molecule has 0 saturated heterocycles. The molecule has 0 spiro atoms. The quantitative estimate of drug-likeness (QED) is 0.767. The van der Waals surface area contributed by atoms with Gasteiger partial charge in [0, 0.05) is 17.5 Å². The number of halogens is 2. The van der Waals surface area contributed by atoms with Crippen LogP contribution in [-0.4, -0.2) is 36.8 Å². The summed E-state index contributed by atoms with van der Waals surface area (Å²) in [5, 5.41) is 8.82. The van der Waals surface area contributed by atoms with Crippen LogP contribution in [0.5, 0.6) is 5.75 Å². The van der Waals surface area contributed by atoms with Gasteiger partial charge in [-0.2, -0.15) is 4.39 Å². The third-order valence-corrected chi connectivity index (χ3v) is 3.10. The molecule has 3 N–H and O–H groups in total. The third kappa shape index (κ3) is 4.64. The molecule has 0 aliphatic heterocycles. The minimum Gasteiger partial charge on any atom is -0.493 e. The molecule has 0 amide bonds. The Morgan fingerprint density at radius 3 is 2.21 bits per heavy atom. The van der Waals surface area contributed by atoms with Crippen molar-refractivity contribution in [2.45, 2.75) is 40.2 Å². The SMILES string of the molecule is CC.CCOC(=O)c1c(C)c(OC)c(F)c(F)c1CC(N)C(=O)O. The first-order chi connectivity index (χ1) is 11.3. The Morgan fingerprint density at radius 1 is 1.25 bits per heavy atom. The predicted octanol–water partition coefficient (Wildman–Crippen LogP) is 2.44. The van der Waals surface area contributed by atoms with Crippen LogP contribution in [0.3, 0.4) is 0 Å². The number of esters is 1. The maximum Gasteiger partial charge on any atom is 0.338 e. The fraction of sp³-hybridized carbons (Fsp3) is 0.500. The largest absolute Gasteiger partial charge is 0.493 e. The smallest absolute Gasteiger partial charge is 0.338 e. The van der Waals surface area contributed by atoms with Crippen molar-refractivity contribution in [2.75, 3.05) is 13.7 Å². The molecule has 24 heavy (non-hydrogen) atoms. The van der Waals surface area contributed by atoms with Crippen molar-refractivity contribution in [1.29, 1.82) is 0 Å². The van der Waals surface area contributed by atoms with Gasteiger partial charge >= 0.3 is 11.9 Å². The second-order valence-electron chi connectivity index (χ2n) is 4.51. The number of hydrogen-bond donors (Lipinski definition) is 2. The van der Waals surface area contributed by atoms with Gasteiger partial charge in [-0.3, -0.25) is 4.79 Å². The molecule has 1 rings (SSSR count). The van der Waals surface area contributed by atoms with Crippen LogP contribution in [0.2, 0.25) is 0 Å². The molecule has 8 heteroatoms. The van der Waals surface area contributed by atoms with Crippen molar-refractivity contribution in [1.82, 2.24) is 0 Å². The van der Waals surface area contributed by atoms with Gasteiger partial charge in [-0.15, -0.1) is 0 Å². The minimum absolute atomic E-state index is 0.0179. The molecule has 1 unspecified atom stereocenters. The van der Waals surface area contributed by atoms with Gasteiger partial charge in [0.15, 0.2) is 11.6 Å². The number of benzene rings is 1. The number of carbonyl (C=O) groups is 2. The highest BCUT2D eigenvalue weighted by atomic mass is 19.2. The Balaban J connectivity index is 0.00000254. The number of carboxylic acid groups (broad SMARTS) is 1. The van der Waals surface area contributed by atoms with E-state index in [0.717, 1.165) is 7.11 Å². The zero-order chi connectivity index (χ0) is 19.0. The lowest BCUT2D eigenvalue weighted by Crippen LogP contribution is -2.33. The fourth-order valence-corrected chi connectivity index (χ4v) is 2.07. The number of nitrogens with two attached hydrogens (primary N) is 1. The Labute approximate surface area is 139 Å². The van der Waals surface area contributed by atoms with Gasteiger partial charge in [0.05, 0.1) is 19.3 Å². The molecule has 136 valence electrons. The Kier molecular flexibility index (Phi) is 8.91. The monoisotopic (exact) mass is 347 g/mol. The van der Waals surface area contributed by atoms with Gasteiger partial charge in [0.2, 0.25) is 5.82 Å². The molecule has 0 bridgehead atoms. The van der Waals surface area contributed by atoms with E-state index in [0.29, 0.717) is 0 Å². The number of carboxylic acids is 1. The Morgan fingerprint density at radius 2 is 1.79 bits per heavy atom. The second kappa shape index (κ2) is 9.82. The number of rotatable bonds is 6. The average Bonchev–Trinajstić information content (AvgIpc) is 2.54. The van der Waals surface area contributed by atoms with Crippen molar-refractivity contribution in [2.24, 2.45) is 5.73 Å². The highest BCUT2D eigenvalue weighted by Gasteiger charge is 2.29. The number of carbonyl (C=O) groups excluding carboxylic acids is 1. The van der Waals surface area contributed by atoms with Crippen LogP contribution in [0, 0.1) is 18.6 Å². The summed E-state index contributed by atoms with van der Waals surface area (Å²) >= 11 is 0. The van der Waals surface area contributed by atoms with Crippen molar-refractivity contribution in [3.8, 4) is 5.75 Å². The molecule has 0 heterocycles. The van der Waals surface area contributed by atoms with Crippen LogP contribution in [0.15, 0.2) is 0 Å². The van der Waals surface area contributed by atoms with E-state index in [1.807, 2.05) is 13.8 Å². The molecular formula is C16H23F2NO5. The van der Waals surface area contributed by atoms with Gasteiger partial charge in [-0.05, 0) is 13.8 Å². The summed E-state index contributed by atoms with van der Waals surface area (Å²) < 4.78 is 37.7. The summed E-state index contributed by atoms with van der Waals surface area (Å²) in [4.78, 5) is 22.8. The first-order valence-electron chi connectivity index (χ1n) is 7.46. The summed E-state index contributed by atoms with van der Waals surface area (Å²) in [6, 6.07) is -1.49. The molecule has 1 atom stereocenters. The molecule has 0 aliphatic rings. The Bertz CT molecular complexity index is 605. The van der Waals surface area contributed by atoms with Crippen LogP contribution in [0.1, 0.15) is 42.3 Å². The van der Waals surface area contributed by atoms with Gasteiger partial charge in [0.25, 0.3) is 0 Å². The van der Waals surface area contributed by atoms with Crippen LogP contribution >= 0.6 is 0 Å². The summed E-state index contributed by atoms with van der Waals surface area (Å²) in [6.07, 6.45) is -0.558. The lowest BCUT2D eigenvalue weighted by molar-refractivity contribution is -0.138. The topological polar surface area (TPSA) is 98.9 Å². The fourth-order valence-electron chi connectivity index (χ4n) is 2.07. The normalized spacial score (nSPS) is 11.2. The van der Waals surface area contributed by atoms with E-state index >= 15 is 0 Å². The summed E-state index contributed by atoms with van der Waals surface area (Å²) in [7, 11) is 1.13. The second-order valence-corrected chi connectivity index (χ2v) is 4.51. The third-order valence-electron chi connectivity index (χ3n) is 3.10. The van der Waals surface area contributed by atoms with Gasteiger partial charge < -0.3 is 20.3 Å². The van der Waals surface area contributed by atoms with E-state index in [-0.39, 0.29) is 17.7 Å². The van der Waals surface area contributed by atoms with Crippen molar-refractivity contribution < 1.29 is 33.0 Å². The van der Waals surface area contributed by atoms with E-state index in [1.54, 1.807) is 6.92 Å². The van der Waals surface area contributed by atoms with Crippen LogP contribution < -0.4 is 10.5 Å². The van der Waals surface area contributed by atoms with Gasteiger partial charge in [-0.25, -0.2) is 9.18 Å². The van der Waals surface area contributed by atoms with E-state index in [2.05, 4.69) is 0 Å². The Hall–Kier alpha value is -2.22. The maximum absolute atomic E-state index is 14.2. The molecular weight excluding hydrogens is 324 g/mol. The molecule has 1 aromatic rings. The summed E-state index contributed by atoms with van der Waals surface area (Å²) in [6.45, 7) is 6.92. The summed E-state index contributed by atoms with van der Waals surface area (Å²) in [5.74, 6) is -5.41. The lowest BCUT2D eigenvalue weighted by atomic mass is 9.94. The number of hydrogen-bond acceptors (Lipinski definition) is 5. The molecule has 0 aliphatic carbocycles. The first-order valence-corrected chi connectivity index (χ1v) is 7.46. The maximum atomic E-state index is 14.2. The first kappa shape index (κ1) is 21.8. The highest BCUT2D eigenvalue weighted by Crippen LogP contribution is 2.32.